The Bertz CT molecular complexity index is 539. The van der Waals surface area contributed by atoms with Crippen molar-refractivity contribution in [3.8, 4) is 0 Å². The Morgan fingerprint density at radius 1 is 1.33 bits per heavy atom. The van der Waals surface area contributed by atoms with Crippen LogP contribution in [0, 0.1) is 10.8 Å². The number of carbonyl (C=O) groups is 1. The van der Waals surface area contributed by atoms with Gasteiger partial charge in [0.2, 0.25) is 0 Å². The number of rotatable bonds is 4. The predicted octanol–water partition coefficient (Wildman–Crippen LogP) is 3.85. The molecule has 5 heteroatoms. The van der Waals surface area contributed by atoms with Crippen LogP contribution >= 0.6 is 11.6 Å². The Morgan fingerprint density at radius 3 is 2.33 bits per heavy atom. The molecule has 21 heavy (non-hydrogen) atoms. The summed E-state index contributed by atoms with van der Waals surface area (Å²) in [4.78, 5) is 11.9. The first-order chi connectivity index (χ1) is 9.71. The zero-order valence-corrected chi connectivity index (χ0v) is 14.1. The number of hydrogen-bond acceptors (Lipinski definition) is 2. The van der Waals surface area contributed by atoms with Gasteiger partial charge in [0.25, 0.3) is 0 Å². The van der Waals surface area contributed by atoms with Gasteiger partial charge in [0.05, 0.1) is 21.8 Å². The summed E-state index contributed by atoms with van der Waals surface area (Å²) in [6.07, 6.45) is 4.53. The molecule has 1 aromatic heterocycles. The molecular formula is C16H25ClN2O2. The highest BCUT2D eigenvalue weighted by Gasteiger charge is 2.45. The van der Waals surface area contributed by atoms with Crippen LogP contribution in [0.5, 0.6) is 0 Å². The van der Waals surface area contributed by atoms with Gasteiger partial charge in [-0.2, -0.15) is 5.10 Å². The highest BCUT2D eigenvalue weighted by Crippen LogP contribution is 2.47. The molecule has 4 nitrogen and oxygen atoms in total. The molecule has 0 radical (unpaired) electrons. The molecule has 1 saturated carbocycles. The highest BCUT2D eigenvalue weighted by atomic mass is 35.5. The second kappa shape index (κ2) is 5.64. The molecule has 0 unspecified atom stereocenters. The molecule has 0 spiro atoms. The van der Waals surface area contributed by atoms with Crippen LogP contribution in [-0.2, 0) is 24.7 Å². The Labute approximate surface area is 131 Å². The van der Waals surface area contributed by atoms with Crippen LogP contribution in [-0.4, -0.2) is 20.9 Å². The first kappa shape index (κ1) is 16.3. The molecule has 1 heterocycles. The Balaban J connectivity index is 2.30. The Hall–Kier alpha value is -1.03. The number of hydrogen-bond donors (Lipinski definition) is 1. The van der Waals surface area contributed by atoms with Gasteiger partial charge in [-0.25, -0.2) is 0 Å². The maximum absolute atomic E-state index is 11.9. The van der Waals surface area contributed by atoms with Crippen molar-refractivity contribution >= 4 is 17.6 Å². The van der Waals surface area contributed by atoms with E-state index in [4.69, 9.17) is 11.6 Å². The quantitative estimate of drug-likeness (QED) is 0.918. The number of aromatic nitrogens is 2. The summed E-state index contributed by atoms with van der Waals surface area (Å²) in [5, 5.41) is 14.8. The maximum Gasteiger partial charge on any atom is 0.310 e. The van der Waals surface area contributed by atoms with E-state index in [0.29, 0.717) is 24.3 Å². The lowest BCUT2D eigenvalue weighted by atomic mass is 9.63. The summed E-state index contributed by atoms with van der Waals surface area (Å²) in [5.74, 6) is -0.701. The second-order valence-corrected chi connectivity index (χ2v) is 7.49. The van der Waals surface area contributed by atoms with Gasteiger partial charge in [0.1, 0.15) is 0 Å². The van der Waals surface area contributed by atoms with Crippen molar-refractivity contribution in [2.75, 3.05) is 0 Å². The molecule has 1 N–H and O–H groups in total. The summed E-state index contributed by atoms with van der Waals surface area (Å²) in [6, 6.07) is 0. The van der Waals surface area contributed by atoms with Gasteiger partial charge >= 0.3 is 5.97 Å². The minimum atomic E-state index is -0.701. The largest absolute Gasteiger partial charge is 0.481 e. The number of carboxylic acids is 1. The van der Waals surface area contributed by atoms with Crippen LogP contribution in [0.15, 0.2) is 0 Å². The topological polar surface area (TPSA) is 55.1 Å². The van der Waals surface area contributed by atoms with Gasteiger partial charge < -0.3 is 5.11 Å². The third-order valence-corrected chi connectivity index (χ3v) is 5.46. The van der Waals surface area contributed by atoms with Gasteiger partial charge in [-0.05, 0) is 37.5 Å². The van der Waals surface area contributed by atoms with Crippen LogP contribution in [0.1, 0.15) is 57.8 Å². The molecule has 0 bridgehead atoms. The smallest absolute Gasteiger partial charge is 0.310 e. The van der Waals surface area contributed by atoms with E-state index >= 15 is 0 Å². The van der Waals surface area contributed by atoms with E-state index in [1.807, 2.05) is 14.0 Å². The molecule has 0 aromatic carbocycles. The minimum Gasteiger partial charge on any atom is -0.481 e. The molecule has 1 aliphatic rings. The average Bonchev–Trinajstić information content (AvgIpc) is 2.68. The van der Waals surface area contributed by atoms with Crippen molar-refractivity contribution in [3.63, 3.8) is 0 Å². The molecule has 118 valence electrons. The highest BCUT2D eigenvalue weighted by molar-refractivity contribution is 6.31. The fourth-order valence-electron chi connectivity index (χ4n) is 3.20. The van der Waals surface area contributed by atoms with Crippen LogP contribution in [0.3, 0.4) is 0 Å². The first-order valence-corrected chi connectivity index (χ1v) is 8.02. The van der Waals surface area contributed by atoms with Crippen LogP contribution < -0.4 is 0 Å². The standard InChI is InChI=1S/C16H25ClN2O2/c1-5-11-13(17)12(19(4)18-11)10-16(14(20)21)8-6-15(2,3)7-9-16/h5-10H2,1-4H3,(H,20,21). The molecular weight excluding hydrogens is 288 g/mol. The number of aryl methyl sites for hydroxylation is 2. The molecule has 1 fully saturated rings. The van der Waals surface area contributed by atoms with E-state index in [2.05, 4.69) is 18.9 Å². The lowest BCUT2D eigenvalue weighted by Crippen LogP contribution is -2.40. The second-order valence-electron chi connectivity index (χ2n) is 7.11. The number of carboxylic acid groups (broad SMARTS) is 1. The van der Waals surface area contributed by atoms with E-state index in [0.717, 1.165) is 30.7 Å². The molecule has 0 atom stereocenters. The zero-order valence-electron chi connectivity index (χ0n) is 13.4. The lowest BCUT2D eigenvalue weighted by Gasteiger charge is -2.40. The summed E-state index contributed by atoms with van der Waals surface area (Å²) in [6.45, 7) is 6.43. The third kappa shape index (κ3) is 3.10. The maximum atomic E-state index is 11.9. The lowest BCUT2D eigenvalue weighted by molar-refractivity contribution is -0.152. The minimum absolute atomic E-state index is 0.240. The fourth-order valence-corrected chi connectivity index (χ4v) is 3.56. The molecule has 1 aromatic rings. The normalized spacial score (nSPS) is 20.4. The van der Waals surface area contributed by atoms with Crippen LogP contribution in [0.2, 0.25) is 5.02 Å². The fraction of sp³-hybridized carbons (Fsp3) is 0.750. The molecule has 0 amide bonds. The van der Waals surface area contributed by atoms with E-state index in [1.165, 1.54) is 0 Å². The number of aliphatic carboxylic acids is 1. The van der Waals surface area contributed by atoms with Crippen molar-refractivity contribution in [3.05, 3.63) is 16.4 Å². The summed E-state index contributed by atoms with van der Waals surface area (Å²) >= 11 is 6.40. The SMILES string of the molecule is CCc1nn(C)c(CC2(C(=O)O)CCC(C)(C)CC2)c1Cl. The monoisotopic (exact) mass is 312 g/mol. The van der Waals surface area contributed by atoms with Crippen molar-refractivity contribution in [2.24, 2.45) is 17.9 Å². The Kier molecular flexibility index (Phi) is 4.39. The summed E-state index contributed by atoms with van der Waals surface area (Å²) in [7, 11) is 1.85. The molecule has 2 rings (SSSR count). The van der Waals surface area contributed by atoms with Crippen molar-refractivity contribution < 1.29 is 9.90 Å². The summed E-state index contributed by atoms with van der Waals surface area (Å²) < 4.78 is 1.76. The van der Waals surface area contributed by atoms with E-state index < -0.39 is 11.4 Å². The molecule has 0 saturated heterocycles. The first-order valence-electron chi connectivity index (χ1n) is 7.64. The third-order valence-electron chi connectivity index (χ3n) is 5.02. The predicted molar refractivity (Wildman–Crippen MR) is 83.6 cm³/mol. The van der Waals surface area contributed by atoms with Crippen molar-refractivity contribution in [2.45, 2.75) is 59.3 Å². The van der Waals surface area contributed by atoms with Crippen LogP contribution in [0.25, 0.3) is 0 Å². The van der Waals surface area contributed by atoms with Crippen molar-refractivity contribution in [1.29, 1.82) is 0 Å². The average molecular weight is 313 g/mol. The number of halogens is 1. The van der Waals surface area contributed by atoms with E-state index in [1.54, 1.807) is 4.68 Å². The molecule has 1 aliphatic carbocycles. The van der Waals surface area contributed by atoms with E-state index in [9.17, 15) is 9.90 Å². The van der Waals surface area contributed by atoms with Gasteiger partial charge in [-0.3, -0.25) is 9.48 Å². The number of nitrogens with zero attached hydrogens (tertiary/aromatic N) is 2. The van der Waals surface area contributed by atoms with Gasteiger partial charge in [-0.15, -0.1) is 0 Å². The molecule has 0 aliphatic heterocycles. The Morgan fingerprint density at radius 2 is 1.90 bits per heavy atom. The van der Waals surface area contributed by atoms with E-state index in [-0.39, 0.29) is 5.41 Å². The van der Waals surface area contributed by atoms with Gasteiger partial charge in [0.15, 0.2) is 0 Å². The van der Waals surface area contributed by atoms with Gasteiger partial charge in [-0.1, -0.05) is 32.4 Å². The summed E-state index contributed by atoms with van der Waals surface area (Å²) in [5.41, 5.74) is 1.25. The van der Waals surface area contributed by atoms with Gasteiger partial charge in [0, 0.05) is 13.5 Å². The van der Waals surface area contributed by atoms with Crippen molar-refractivity contribution in [1.82, 2.24) is 9.78 Å². The zero-order chi connectivity index (χ0) is 15.8. The van der Waals surface area contributed by atoms with Crippen LogP contribution in [0.4, 0.5) is 0 Å².